The fourth-order valence-electron chi connectivity index (χ4n) is 5.56. The van der Waals surface area contributed by atoms with Gasteiger partial charge in [0.25, 0.3) is 5.56 Å². The summed E-state index contributed by atoms with van der Waals surface area (Å²) in [4.78, 5) is 45.2. The van der Waals surface area contributed by atoms with Gasteiger partial charge in [0.1, 0.15) is 23.5 Å². The Balaban J connectivity index is 1.65. The molecule has 5 rings (SSSR count). The minimum absolute atomic E-state index is 0.0197. The van der Waals surface area contributed by atoms with Crippen molar-refractivity contribution in [2.45, 2.75) is 43.4 Å². The monoisotopic (exact) mass is 502 g/mol. The Morgan fingerprint density at radius 3 is 2.64 bits per heavy atom. The summed E-state index contributed by atoms with van der Waals surface area (Å²) in [6, 6.07) is 4.13. The van der Waals surface area contributed by atoms with E-state index < -0.39 is 52.2 Å². The van der Waals surface area contributed by atoms with Gasteiger partial charge in [0.05, 0.1) is 35.7 Å². The molecule has 3 heterocycles. The first kappa shape index (κ1) is 24.3. The minimum atomic E-state index is -1.37. The molecule has 2 aliphatic heterocycles. The van der Waals surface area contributed by atoms with Crippen LogP contribution in [0.2, 0.25) is 0 Å². The van der Waals surface area contributed by atoms with Gasteiger partial charge in [-0.2, -0.15) is 0 Å². The highest BCUT2D eigenvalue weighted by Crippen LogP contribution is 2.43. The van der Waals surface area contributed by atoms with Crippen LogP contribution in [0.25, 0.3) is 10.9 Å². The summed E-state index contributed by atoms with van der Waals surface area (Å²) in [6.45, 7) is 2.03. The molecule has 11 heteroatoms. The molecule has 1 amide bonds. The normalized spacial score (nSPS) is 23.5. The Bertz CT molecular complexity index is 1470. The molecule has 0 unspecified atom stereocenters. The maximum absolute atomic E-state index is 14.4. The quantitative estimate of drug-likeness (QED) is 0.559. The molecule has 2 aromatic carbocycles. The third-order valence-electron chi connectivity index (χ3n) is 7.52. The van der Waals surface area contributed by atoms with Gasteiger partial charge in [-0.15, -0.1) is 0 Å². The van der Waals surface area contributed by atoms with Gasteiger partial charge in [0, 0.05) is 17.7 Å². The van der Waals surface area contributed by atoms with E-state index in [1.807, 2.05) is 11.9 Å². The van der Waals surface area contributed by atoms with Crippen LogP contribution in [0.5, 0.6) is 0 Å². The van der Waals surface area contributed by atoms with Crippen molar-refractivity contribution in [3.8, 4) is 0 Å². The number of nitrogens with zero attached hydrogens (tertiary/aromatic N) is 2. The number of ether oxygens (including phenoxy) is 1. The molecular formula is C25H25F3N4O4. The van der Waals surface area contributed by atoms with Crippen LogP contribution in [-0.4, -0.2) is 52.2 Å². The Kier molecular flexibility index (Phi) is 6.00. The lowest BCUT2D eigenvalue weighted by atomic mass is 9.86. The number of rotatable bonds is 5. The molecule has 0 spiro atoms. The molecular weight excluding hydrogens is 477 g/mol. The second-order valence-corrected chi connectivity index (χ2v) is 9.52. The molecule has 2 fully saturated rings. The number of halogens is 3. The van der Waals surface area contributed by atoms with Crippen LogP contribution in [0, 0.1) is 17.5 Å². The fraction of sp³-hybridized carbons (Fsp3) is 0.400. The average Bonchev–Trinajstić information content (AvgIpc) is 2.99. The first-order chi connectivity index (χ1) is 17.1. The summed E-state index contributed by atoms with van der Waals surface area (Å²) in [5.41, 5.74) is -2.53. The Morgan fingerprint density at radius 2 is 1.89 bits per heavy atom. The Labute approximate surface area is 203 Å². The number of carbonyl (C=O) groups excluding carboxylic acids is 1. The number of benzene rings is 2. The lowest BCUT2D eigenvalue weighted by Gasteiger charge is -2.46. The zero-order valence-electron chi connectivity index (χ0n) is 19.7. The van der Waals surface area contributed by atoms with Gasteiger partial charge in [-0.25, -0.2) is 22.5 Å². The van der Waals surface area contributed by atoms with Crippen molar-refractivity contribution in [3.05, 3.63) is 80.3 Å². The van der Waals surface area contributed by atoms with Crippen LogP contribution in [0.3, 0.4) is 0 Å². The third-order valence-corrected chi connectivity index (χ3v) is 7.52. The number of hydrogen-bond donors (Lipinski definition) is 2. The topological polar surface area (TPSA) is 96.4 Å². The molecule has 2 bridgehead atoms. The molecule has 36 heavy (non-hydrogen) atoms. The van der Waals surface area contributed by atoms with E-state index in [4.69, 9.17) is 4.74 Å². The number of aromatic nitrogens is 2. The minimum Gasteiger partial charge on any atom is -0.378 e. The van der Waals surface area contributed by atoms with Gasteiger partial charge in [0.15, 0.2) is 0 Å². The van der Waals surface area contributed by atoms with Crippen molar-refractivity contribution in [2.24, 2.45) is 0 Å². The van der Waals surface area contributed by atoms with E-state index in [1.54, 1.807) is 0 Å². The number of hydrogen-bond acceptors (Lipinski definition) is 5. The second kappa shape index (κ2) is 8.90. The summed E-state index contributed by atoms with van der Waals surface area (Å²) in [5, 5.41) is 2.61. The number of fused-ring (bicyclic) bond motifs is 3. The van der Waals surface area contributed by atoms with Crippen LogP contribution in [0.15, 0.2) is 46.0 Å². The SMILES string of the molecule is C[C@@H](NC(=O)[C@@H](n1c(=O)[nH]c2ccc(F)cc2c1=O)[C@]12CC[C@H](COC1)N2C)c1ccc(F)cc1F. The molecule has 2 N–H and O–H groups in total. The maximum Gasteiger partial charge on any atom is 0.329 e. The summed E-state index contributed by atoms with van der Waals surface area (Å²) >= 11 is 0. The zero-order valence-corrected chi connectivity index (χ0v) is 19.7. The summed E-state index contributed by atoms with van der Waals surface area (Å²) < 4.78 is 48.4. The van der Waals surface area contributed by atoms with Crippen molar-refractivity contribution < 1.29 is 22.7 Å². The number of nitrogens with one attached hydrogen (secondary N) is 2. The van der Waals surface area contributed by atoms with E-state index in [1.165, 1.54) is 19.1 Å². The van der Waals surface area contributed by atoms with Gasteiger partial charge < -0.3 is 15.0 Å². The standard InChI is InChI=1S/C25H25F3N4O4/c1-13(17-5-3-15(27)10-19(17)28)29-22(33)21(25-8-7-16(31(25)2)11-36-12-25)32-23(34)18-9-14(26)4-6-20(18)30-24(32)35/h3-6,9-10,13,16,21H,7-8,11-12H2,1-2H3,(H,29,33)(H,30,35)/t13-,16-,21-,25+/m1/s1. The molecule has 2 saturated heterocycles. The van der Waals surface area contributed by atoms with Crippen LogP contribution in [-0.2, 0) is 9.53 Å². The fourth-order valence-corrected chi connectivity index (χ4v) is 5.56. The molecule has 0 aliphatic carbocycles. The van der Waals surface area contributed by atoms with E-state index in [0.29, 0.717) is 25.5 Å². The van der Waals surface area contributed by atoms with E-state index in [-0.39, 0.29) is 29.1 Å². The Morgan fingerprint density at radius 1 is 1.17 bits per heavy atom. The molecule has 8 nitrogen and oxygen atoms in total. The number of likely N-dealkylation sites (N-methyl/N-ethyl adjacent to an activating group) is 1. The first-order valence-electron chi connectivity index (χ1n) is 11.6. The summed E-state index contributed by atoms with van der Waals surface area (Å²) in [7, 11) is 1.81. The van der Waals surface area contributed by atoms with Crippen molar-refractivity contribution in [3.63, 3.8) is 0 Å². The van der Waals surface area contributed by atoms with Gasteiger partial charge in [-0.1, -0.05) is 6.07 Å². The number of aromatic amines is 1. The first-order valence-corrected chi connectivity index (χ1v) is 11.6. The molecule has 3 aromatic rings. The molecule has 2 aliphatic rings. The van der Waals surface area contributed by atoms with Crippen LogP contribution >= 0.6 is 0 Å². The summed E-state index contributed by atoms with van der Waals surface area (Å²) in [6.07, 6.45) is 1.13. The lowest BCUT2D eigenvalue weighted by Crippen LogP contribution is -2.64. The van der Waals surface area contributed by atoms with Gasteiger partial charge in [0.2, 0.25) is 5.91 Å². The highest BCUT2D eigenvalue weighted by molar-refractivity contribution is 5.83. The average molecular weight is 502 g/mol. The predicted molar refractivity (Wildman–Crippen MR) is 125 cm³/mol. The number of H-pyrrole nitrogens is 1. The van der Waals surface area contributed by atoms with Gasteiger partial charge in [-0.05, 0) is 51.1 Å². The van der Waals surface area contributed by atoms with Gasteiger partial charge >= 0.3 is 5.69 Å². The van der Waals surface area contributed by atoms with Crippen LogP contribution < -0.4 is 16.6 Å². The number of amides is 1. The lowest BCUT2D eigenvalue weighted by molar-refractivity contribution is -0.137. The molecule has 0 saturated carbocycles. The van der Waals surface area contributed by atoms with Gasteiger partial charge in [-0.3, -0.25) is 14.5 Å². The number of morpholine rings is 1. The third kappa shape index (κ3) is 3.82. The molecule has 4 atom stereocenters. The number of carbonyl (C=O) groups is 1. The molecule has 0 radical (unpaired) electrons. The highest BCUT2D eigenvalue weighted by atomic mass is 19.1. The van der Waals surface area contributed by atoms with E-state index >= 15 is 0 Å². The van der Waals surface area contributed by atoms with Crippen LogP contribution in [0.4, 0.5) is 13.2 Å². The van der Waals surface area contributed by atoms with Crippen molar-refractivity contribution in [1.29, 1.82) is 0 Å². The van der Waals surface area contributed by atoms with Crippen molar-refractivity contribution in [1.82, 2.24) is 19.8 Å². The largest absolute Gasteiger partial charge is 0.378 e. The smallest absolute Gasteiger partial charge is 0.329 e. The van der Waals surface area contributed by atoms with E-state index in [0.717, 1.165) is 22.8 Å². The maximum atomic E-state index is 14.4. The van der Waals surface area contributed by atoms with E-state index in [2.05, 4.69) is 10.3 Å². The molecule has 1 aromatic heterocycles. The summed E-state index contributed by atoms with van der Waals surface area (Å²) in [5.74, 6) is -2.98. The van der Waals surface area contributed by atoms with Crippen molar-refractivity contribution in [2.75, 3.05) is 20.3 Å². The van der Waals surface area contributed by atoms with E-state index in [9.17, 15) is 27.6 Å². The second-order valence-electron chi connectivity index (χ2n) is 9.52. The molecule has 190 valence electrons. The zero-order chi connectivity index (χ0) is 25.8. The highest BCUT2D eigenvalue weighted by Gasteiger charge is 2.56. The van der Waals surface area contributed by atoms with Crippen LogP contribution in [0.1, 0.15) is 37.4 Å². The van der Waals surface area contributed by atoms with Crippen molar-refractivity contribution >= 4 is 16.8 Å². The Hall–Kier alpha value is -3.44. The predicted octanol–water partition coefficient (Wildman–Crippen LogP) is 2.39.